The molecule has 0 amide bonds. The summed E-state index contributed by atoms with van der Waals surface area (Å²) in [6.07, 6.45) is -7.04. The van der Waals surface area contributed by atoms with Gasteiger partial charge in [-0.15, -0.1) is 0 Å². The molecule has 1 fully saturated rings. The first-order chi connectivity index (χ1) is 15.9. The van der Waals surface area contributed by atoms with Crippen LogP contribution in [0.25, 0.3) is 0 Å². The molecule has 5 atom stereocenters. The van der Waals surface area contributed by atoms with Crippen LogP contribution < -0.4 is 0 Å². The van der Waals surface area contributed by atoms with E-state index < -0.39 is 70.9 Å². The third-order valence-electron chi connectivity index (χ3n) is 4.45. The highest BCUT2D eigenvalue weighted by Crippen LogP contribution is 2.35. The van der Waals surface area contributed by atoms with Crippen molar-refractivity contribution in [3.05, 3.63) is 0 Å². The third kappa shape index (κ3) is 9.09. The van der Waals surface area contributed by atoms with Crippen molar-refractivity contribution in [2.45, 2.75) is 87.9 Å². The number of hydrogen-bond acceptors (Lipinski definition) is 11. The monoisotopic (exact) mass is 547 g/mol. The maximum absolute atomic E-state index is 12.2. The molecule has 1 saturated heterocycles. The summed E-state index contributed by atoms with van der Waals surface area (Å²) in [5.41, 5.74) is 0. The third-order valence-corrected chi connectivity index (χ3v) is 4.96. The van der Waals surface area contributed by atoms with Crippen molar-refractivity contribution in [3.8, 4) is 0 Å². The lowest BCUT2D eigenvalue weighted by atomic mass is 10.1. The molecule has 1 aliphatic rings. The number of ether oxygens (including phenoxy) is 6. The van der Waals surface area contributed by atoms with Crippen molar-refractivity contribution in [2.75, 3.05) is 6.61 Å². The van der Waals surface area contributed by atoms with Gasteiger partial charge in [0, 0.05) is 25.7 Å². The fourth-order valence-electron chi connectivity index (χ4n) is 2.68. The molecule has 1 rings (SSSR count). The van der Waals surface area contributed by atoms with Gasteiger partial charge < -0.3 is 28.4 Å². The zero-order chi connectivity index (χ0) is 26.1. The summed E-state index contributed by atoms with van der Waals surface area (Å²) in [7, 11) is 0. The smallest absolute Gasteiger partial charge is 0.306 e. The molecule has 1 aliphatic heterocycles. The average Bonchev–Trinajstić information content (AvgIpc) is 3.11. The van der Waals surface area contributed by atoms with Gasteiger partial charge in [0.05, 0.1) is 0 Å². The van der Waals surface area contributed by atoms with Crippen molar-refractivity contribution >= 4 is 64.6 Å². The van der Waals surface area contributed by atoms with E-state index in [1.54, 1.807) is 13.8 Å². The van der Waals surface area contributed by atoms with Crippen molar-refractivity contribution in [2.24, 2.45) is 0 Å². The summed E-state index contributed by atoms with van der Waals surface area (Å²) in [4.78, 5) is 48.0. The number of esters is 4. The van der Waals surface area contributed by atoms with E-state index in [-0.39, 0.29) is 25.7 Å². The van der Waals surface area contributed by atoms with Gasteiger partial charge in [0.25, 0.3) is 3.79 Å². The standard InChI is InChI=1S/C20H28Cl3NO10/c1-5-11(25)29-9-10(30-12(26)6-2)15-16(31-13(27)7-3)17(32-14(28)8-4)18(33-15)34-19(24)20(21,22)23/h10,15-18,24H,5-9H2,1-4H3/t10-,15-,16+,17-,18?/m1/s1. The first-order valence-corrected chi connectivity index (χ1v) is 11.7. The number of hydrogen-bond donors (Lipinski definition) is 1. The molecule has 194 valence electrons. The summed E-state index contributed by atoms with van der Waals surface area (Å²) in [6.45, 7) is 5.72. The SMILES string of the molecule is CCC(=O)OC[C@@H](OC(=O)CC)[C@H]1OC(OC(=N)C(Cl)(Cl)Cl)[C@H](OC(=O)CC)[C@H]1OC(=O)CC. The maximum Gasteiger partial charge on any atom is 0.306 e. The van der Waals surface area contributed by atoms with Gasteiger partial charge in [-0.3, -0.25) is 24.6 Å². The second-order valence-corrected chi connectivity index (χ2v) is 9.23. The van der Waals surface area contributed by atoms with Gasteiger partial charge in [-0.05, 0) is 0 Å². The van der Waals surface area contributed by atoms with Crippen LogP contribution in [0, 0.1) is 5.41 Å². The molecule has 0 aromatic carbocycles. The Hall–Kier alpha value is -1.82. The lowest BCUT2D eigenvalue weighted by molar-refractivity contribution is -0.184. The topological polar surface area (TPSA) is 148 Å². The van der Waals surface area contributed by atoms with E-state index in [1.165, 1.54) is 13.8 Å². The maximum atomic E-state index is 12.2. The molecule has 0 bridgehead atoms. The first kappa shape index (κ1) is 30.2. The minimum absolute atomic E-state index is 0.0174. The zero-order valence-electron chi connectivity index (χ0n) is 19.1. The molecule has 1 N–H and O–H groups in total. The Labute approximate surface area is 212 Å². The summed E-state index contributed by atoms with van der Waals surface area (Å²) < 4.78 is 30.0. The van der Waals surface area contributed by atoms with Gasteiger partial charge in [0.1, 0.15) is 12.7 Å². The van der Waals surface area contributed by atoms with Crippen LogP contribution >= 0.6 is 34.8 Å². The van der Waals surface area contributed by atoms with Crippen LogP contribution in [0.4, 0.5) is 0 Å². The minimum atomic E-state index is -2.28. The van der Waals surface area contributed by atoms with Crippen LogP contribution in [0.3, 0.4) is 0 Å². The quantitative estimate of drug-likeness (QED) is 0.134. The fourth-order valence-corrected chi connectivity index (χ4v) is 2.81. The first-order valence-electron chi connectivity index (χ1n) is 10.6. The Kier molecular flexibility index (Phi) is 12.4. The molecule has 1 unspecified atom stereocenters. The van der Waals surface area contributed by atoms with E-state index in [9.17, 15) is 19.2 Å². The van der Waals surface area contributed by atoms with Crippen molar-refractivity contribution in [1.29, 1.82) is 5.41 Å². The number of carbonyl (C=O) groups excluding carboxylic acids is 4. The Morgan fingerprint density at radius 3 is 1.79 bits per heavy atom. The molecule has 14 heteroatoms. The second kappa shape index (κ2) is 13.9. The highest BCUT2D eigenvalue weighted by molar-refractivity contribution is 6.76. The number of nitrogens with one attached hydrogen (secondary N) is 1. The summed E-state index contributed by atoms with van der Waals surface area (Å²) >= 11 is 17.0. The van der Waals surface area contributed by atoms with Gasteiger partial charge >= 0.3 is 23.9 Å². The molecule has 0 aromatic heterocycles. The van der Waals surface area contributed by atoms with Gasteiger partial charge in [-0.1, -0.05) is 62.5 Å². The highest BCUT2D eigenvalue weighted by Gasteiger charge is 2.56. The zero-order valence-corrected chi connectivity index (χ0v) is 21.4. The number of alkyl halides is 3. The minimum Gasteiger partial charge on any atom is -0.462 e. The van der Waals surface area contributed by atoms with Crippen LogP contribution in [0.2, 0.25) is 0 Å². The van der Waals surface area contributed by atoms with Gasteiger partial charge in [-0.25, -0.2) is 0 Å². The van der Waals surface area contributed by atoms with E-state index in [0.717, 1.165) is 0 Å². The fraction of sp³-hybridized carbons (Fsp3) is 0.750. The van der Waals surface area contributed by atoms with Gasteiger partial charge in [0.2, 0.25) is 18.3 Å². The predicted octanol–water partition coefficient (Wildman–Crippen LogP) is 2.99. The molecule has 0 aromatic rings. The molecule has 0 spiro atoms. The van der Waals surface area contributed by atoms with Crippen LogP contribution in [-0.4, -0.2) is 70.9 Å². The molecule has 11 nitrogen and oxygen atoms in total. The van der Waals surface area contributed by atoms with E-state index >= 15 is 0 Å². The molecule has 0 radical (unpaired) electrons. The van der Waals surface area contributed by atoms with Gasteiger partial charge in [-0.2, -0.15) is 0 Å². The highest BCUT2D eigenvalue weighted by atomic mass is 35.6. The Morgan fingerprint density at radius 1 is 0.824 bits per heavy atom. The number of rotatable bonds is 11. The van der Waals surface area contributed by atoms with Crippen molar-refractivity contribution in [3.63, 3.8) is 0 Å². The Bertz CT molecular complexity index is 757. The van der Waals surface area contributed by atoms with E-state index in [2.05, 4.69) is 0 Å². The molecular formula is C20H28Cl3NO10. The van der Waals surface area contributed by atoms with Crippen LogP contribution in [-0.2, 0) is 47.6 Å². The predicted molar refractivity (Wildman–Crippen MR) is 120 cm³/mol. The van der Waals surface area contributed by atoms with Crippen LogP contribution in [0.5, 0.6) is 0 Å². The van der Waals surface area contributed by atoms with E-state index in [0.29, 0.717) is 0 Å². The van der Waals surface area contributed by atoms with Crippen LogP contribution in [0.15, 0.2) is 0 Å². The second-order valence-electron chi connectivity index (χ2n) is 6.95. The normalized spacial score (nSPS) is 22.9. The van der Waals surface area contributed by atoms with Crippen molar-refractivity contribution < 1.29 is 47.6 Å². The number of carbonyl (C=O) groups is 4. The lowest BCUT2D eigenvalue weighted by Crippen LogP contribution is -2.47. The Balaban J connectivity index is 3.39. The molecule has 0 saturated carbocycles. The molecule has 0 aliphatic carbocycles. The number of halogens is 3. The van der Waals surface area contributed by atoms with Gasteiger partial charge in [0.15, 0.2) is 12.2 Å². The van der Waals surface area contributed by atoms with Crippen molar-refractivity contribution in [1.82, 2.24) is 0 Å². The summed E-state index contributed by atoms with van der Waals surface area (Å²) in [5.74, 6) is -3.51. The molecule has 1 heterocycles. The molecular weight excluding hydrogens is 521 g/mol. The largest absolute Gasteiger partial charge is 0.462 e. The lowest BCUT2D eigenvalue weighted by Gasteiger charge is -2.28. The summed E-state index contributed by atoms with van der Waals surface area (Å²) in [5, 5.41) is 7.84. The Morgan fingerprint density at radius 2 is 1.32 bits per heavy atom. The average molecular weight is 549 g/mol. The van der Waals surface area contributed by atoms with Crippen LogP contribution in [0.1, 0.15) is 53.4 Å². The summed E-state index contributed by atoms with van der Waals surface area (Å²) in [6, 6.07) is 0. The van der Waals surface area contributed by atoms with E-state index in [4.69, 9.17) is 68.6 Å². The molecule has 34 heavy (non-hydrogen) atoms. The van der Waals surface area contributed by atoms with E-state index in [1.807, 2.05) is 0 Å².